The van der Waals surface area contributed by atoms with Gasteiger partial charge in [0.1, 0.15) is 16.5 Å². The highest BCUT2D eigenvalue weighted by Gasteiger charge is 2.47. The van der Waals surface area contributed by atoms with E-state index in [9.17, 15) is 22.3 Å². The van der Waals surface area contributed by atoms with Gasteiger partial charge in [-0.15, -0.1) is 0 Å². The van der Waals surface area contributed by atoms with Gasteiger partial charge in [-0.05, 0) is 31.4 Å². The highest BCUT2D eigenvalue weighted by molar-refractivity contribution is 7.89. The first kappa shape index (κ1) is 17.5. The molecule has 140 valence electrons. The number of benzene rings is 1. The molecule has 0 unspecified atom stereocenters. The first-order valence-corrected chi connectivity index (χ1v) is 9.67. The van der Waals surface area contributed by atoms with Crippen molar-refractivity contribution >= 4 is 10.0 Å². The molecule has 1 saturated heterocycles. The van der Waals surface area contributed by atoms with Crippen molar-refractivity contribution in [2.45, 2.75) is 42.6 Å². The van der Waals surface area contributed by atoms with Gasteiger partial charge >= 0.3 is 0 Å². The summed E-state index contributed by atoms with van der Waals surface area (Å²) in [5.74, 6) is -1.29. The second kappa shape index (κ2) is 5.80. The van der Waals surface area contributed by atoms with Crippen molar-refractivity contribution in [2.24, 2.45) is 0 Å². The lowest BCUT2D eigenvalue weighted by Gasteiger charge is -2.20. The van der Waals surface area contributed by atoms with E-state index >= 15 is 0 Å². The molecule has 2 heterocycles. The Labute approximate surface area is 148 Å². The molecule has 0 radical (unpaired) electrons. The highest BCUT2D eigenvalue weighted by atomic mass is 32.2. The first-order chi connectivity index (χ1) is 12.2. The maximum Gasteiger partial charge on any atom is 0.260 e. The monoisotopic (exact) mass is 385 g/mol. The quantitative estimate of drug-likeness (QED) is 0.862. The zero-order valence-electron chi connectivity index (χ0n) is 13.9. The molecule has 1 saturated carbocycles. The average Bonchev–Trinajstić information content (AvgIpc) is 3.14. The SMILES string of the molecule is Cc1cc(S(=O)(=O)N2CC[C@](O)(c3nc(C4CC4)no3)C2)c(F)cc1F. The summed E-state index contributed by atoms with van der Waals surface area (Å²) in [7, 11) is -4.24. The molecule has 1 aromatic carbocycles. The van der Waals surface area contributed by atoms with Crippen molar-refractivity contribution in [3.8, 4) is 0 Å². The maximum atomic E-state index is 14.0. The van der Waals surface area contributed by atoms with E-state index in [1.807, 2.05) is 0 Å². The third kappa shape index (κ3) is 2.81. The summed E-state index contributed by atoms with van der Waals surface area (Å²) in [5.41, 5.74) is -1.61. The summed E-state index contributed by atoms with van der Waals surface area (Å²) < 4.78 is 59.0. The summed E-state index contributed by atoms with van der Waals surface area (Å²) >= 11 is 0. The number of aromatic nitrogens is 2. The van der Waals surface area contributed by atoms with Crippen LogP contribution < -0.4 is 0 Å². The van der Waals surface area contributed by atoms with Crippen LogP contribution in [0.15, 0.2) is 21.6 Å². The molecule has 0 bridgehead atoms. The Morgan fingerprint density at radius 3 is 2.73 bits per heavy atom. The fourth-order valence-corrected chi connectivity index (χ4v) is 4.66. The van der Waals surface area contributed by atoms with Crippen LogP contribution >= 0.6 is 0 Å². The van der Waals surface area contributed by atoms with Crippen LogP contribution in [0.5, 0.6) is 0 Å². The topological polar surface area (TPSA) is 96.5 Å². The number of hydrogen-bond donors (Lipinski definition) is 1. The smallest absolute Gasteiger partial charge is 0.260 e. The van der Waals surface area contributed by atoms with Gasteiger partial charge in [-0.25, -0.2) is 17.2 Å². The van der Waals surface area contributed by atoms with Gasteiger partial charge in [0, 0.05) is 24.9 Å². The lowest BCUT2D eigenvalue weighted by molar-refractivity contribution is 0.0194. The molecule has 4 rings (SSSR count). The number of sulfonamides is 1. The number of β-amino-alcohol motifs (C(OH)–C–C–N with tert-alkyl or cyclic N) is 1. The molecule has 2 fully saturated rings. The Hall–Kier alpha value is -1.91. The van der Waals surface area contributed by atoms with E-state index in [-0.39, 0.29) is 36.9 Å². The molecule has 1 atom stereocenters. The van der Waals surface area contributed by atoms with Gasteiger partial charge in [0.15, 0.2) is 11.4 Å². The molecule has 1 aliphatic heterocycles. The van der Waals surface area contributed by atoms with Gasteiger partial charge in [0.2, 0.25) is 10.0 Å². The molecule has 10 heteroatoms. The summed E-state index contributed by atoms with van der Waals surface area (Å²) in [4.78, 5) is 3.57. The van der Waals surface area contributed by atoms with E-state index in [0.29, 0.717) is 11.9 Å². The average molecular weight is 385 g/mol. The largest absolute Gasteiger partial charge is 0.379 e. The van der Waals surface area contributed by atoms with Crippen molar-refractivity contribution in [3.63, 3.8) is 0 Å². The fourth-order valence-electron chi connectivity index (χ4n) is 3.04. The Morgan fingerprint density at radius 1 is 1.31 bits per heavy atom. The van der Waals surface area contributed by atoms with Crippen molar-refractivity contribution in [2.75, 3.05) is 13.1 Å². The number of aliphatic hydroxyl groups is 1. The minimum Gasteiger partial charge on any atom is -0.379 e. The molecular weight excluding hydrogens is 368 g/mol. The fraction of sp³-hybridized carbons (Fsp3) is 0.500. The van der Waals surface area contributed by atoms with Crippen LogP contribution in [0.4, 0.5) is 8.78 Å². The lowest BCUT2D eigenvalue weighted by atomic mass is 10.0. The van der Waals surface area contributed by atoms with Gasteiger partial charge < -0.3 is 9.63 Å². The van der Waals surface area contributed by atoms with Gasteiger partial charge in [-0.2, -0.15) is 9.29 Å². The van der Waals surface area contributed by atoms with Crippen LogP contribution in [0.1, 0.15) is 42.5 Å². The standard InChI is InChI=1S/C16H17F2N3O4S/c1-9-6-13(12(18)7-11(9)17)26(23,24)21-5-4-16(22,8-21)15-19-14(20-25-15)10-2-3-10/h6-7,10,22H,2-5,8H2,1H3/t16-/m1/s1. The maximum absolute atomic E-state index is 14.0. The first-order valence-electron chi connectivity index (χ1n) is 8.23. The van der Waals surface area contributed by atoms with Crippen LogP contribution in [-0.2, 0) is 15.6 Å². The van der Waals surface area contributed by atoms with Crippen LogP contribution in [0, 0.1) is 18.6 Å². The predicted octanol–water partition coefficient (Wildman–Crippen LogP) is 1.82. The van der Waals surface area contributed by atoms with E-state index in [0.717, 1.165) is 23.2 Å². The molecule has 26 heavy (non-hydrogen) atoms. The molecule has 2 aromatic rings. The third-order valence-corrected chi connectivity index (χ3v) is 6.69. The Kier molecular flexibility index (Phi) is 3.90. The number of aryl methyl sites for hydroxylation is 1. The van der Waals surface area contributed by atoms with Gasteiger partial charge in [0.05, 0.1) is 6.54 Å². The number of hydrogen-bond acceptors (Lipinski definition) is 6. The summed E-state index contributed by atoms with van der Waals surface area (Å²) in [6.07, 6.45) is 1.96. The minimum absolute atomic E-state index is 0.0189. The predicted molar refractivity (Wildman–Crippen MR) is 84.6 cm³/mol. The Balaban J connectivity index is 1.61. The van der Waals surface area contributed by atoms with E-state index in [2.05, 4.69) is 10.1 Å². The summed E-state index contributed by atoms with van der Waals surface area (Å²) in [6, 6.07) is 1.50. The van der Waals surface area contributed by atoms with Crippen LogP contribution in [0.3, 0.4) is 0 Å². The van der Waals surface area contributed by atoms with Crippen molar-refractivity contribution in [3.05, 3.63) is 41.0 Å². The number of rotatable bonds is 4. The molecule has 1 aromatic heterocycles. The molecular formula is C16H17F2N3O4S. The van der Waals surface area contributed by atoms with E-state index < -0.39 is 32.2 Å². The number of nitrogens with zero attached hydrogens (tertiary/aromatic N) is 3. The highest BCUT2D eigenvalue weighted by Crippen LogP contribution is 2.40. The molecule has 0 spiro atoms. The van der Waals surface area contributed by atoms with E-state index in [1.165, 1.54) is 6.92 Å². The number of halogens is 2. The van der Waals surface area contributed by atoms with E-state index in [1.54, 1.807) is 0 Å². The second-order valence-electron chi connectivity index (χ2n) is 6.88. The van der Waals surface area contributed by atoms with Gasteiger partial charge in [-0.3, -0.25) is 0 Å². The lowest BCUT2D eigenvalue weighted by Crippen LogP contribution is -2.35. The molecule has 1 N–H and O–H groups in total. The van der Waals surface area contributed by atoms with Gasteiger partial charge in [0.25, 0.3) is 5.89 Å². The molecule has 7 nitrogen and oxygen atoms in total. The minimum atomic E-state index is -4.24. The zero-order valence-corrected chi connectivity index (χ0v) is 14.8. The molecule has 1 aliphatic carbocycles. The van der Waals surface area contributed by atoms with Crippen LogP contribution in [-0.4, -0.2) is 41.1 Å². The normalized spacial score (nSPS) is 24.3. The van der Waals surface area contributed by atoms with Crippen molar-refractivity contribution in [1.29, 1.82) is 0 Å². The van der Waals surface area contributed by atoms with Crippen molar-refractivity contribution in [1.82, 2.24) is 14.4 Å². The Bertz CT molecular complexity index is 974. The van der Waals surface area contributed by atoms with Crippen LogP contribution in [0.2, 0.25) is 0 Å². The van der Waals surface area contributed by atoms with Crippen LogP contribution in [0.25, 0.3) is 0 Å². The van der Waals surface area contributed by atoms with Crippen molar-refractivity contribution < 1.29 is 26.8 Å². The molecule has 0 amide bonds. The summed E-state index contributed by atoms with van der Waals surface area (Å²) in [6.45, 7) is 0.972. The zero-order chi connectivity index (χ0) is 18.7. The van der Waals surface area contributed by atoms with E-state index in [4.69, 9.17) is 4.52 Å². The second-order valence-corrected chi connectivity index (χ2v) is 8.79. The third-order valence-electron chi connectivity index (χ3n) is 4.83. The summed E-state index contributed by atoms with van der Waals surface area (Å²) in [5, 5.41) is 14.6. The molecule has 2 aliphatic rings. The Morgan fingerprint density at radius 2 is 2.04 bits per heavy atom. The van der Waals surface area contributed by atoms with Gasteiger partial charge in [-0.1, -0.05) is 5.16 Å².